The summed E-state index contributed by atoms with van der Waals surface area (Å²) in [6.45, 7) is 0.171. The van der Waals surface area contributed by atoms with E-state index in [1.54, 1.807) is 36.4 Å². The molecule has 1 saturated heterocycles. The molecular formula is C22H26N2O7S. The average Bonchev–Trinajstić information content (AvgIpc) is 2.81. The molecule has 1 aliphatic rings. The molecule has 0 bridgehead atoms. The molecule has 1 unspecified atom stereocenters. The summed E-state index contributed by atoms with van der Waals surface area (Å²) in [5, 5.41) is 0. The van der Waals surface area contributed by atoms with E-state index in [9.17, 15) is 18.0 Å². The Morgan fingerprint density at radius 2 is 1.88 bits per heavy atom. The second kappa shape index (κ2) is 10.5. The maximum absolute atomic E-state index is 13.0. The van der Waals surface area contributed by atoms with Crippen LogP contribution < -0.4 is 15.2 Å². The highest BCUT2D eigenvalue weighted by molar-refractivity contribution is 7.89. The summed E-state index contributed by atoms with van der Waals surface area (Å²) in [5.74, 6) is -0.595. The first kappa shape index (κ1) is 23.6. The molecule has 2 aromatic rings. The number of nitrogens with zero attached hydrogens (tertiary/aromatic N) is 1. The van der Waals surface area contributed by atoms with Gasteiger partial charge in [0.2, 0.25) is 10.0 Å². The molecule has 1 atom stereocenters. The molecule has 1 aliphatic heterocycles. The van der Waals surface area contributed by atoms with Crippen LogP contribution in [0.25, 0.3) is 0 Å². The van der Waals surface area contributed by atoms with Crippen molar-refractivity contribution in [3.8, 4) is 11.5 Å². The lowest BCUT2D eigenvalue weighted by Crippen LogP contribution is -2.42. The highest BCUT2D eigenvalue weighted by Crippen LogP contribution is 2.26. The molecule has 1 heterocycles. The third kappa shape index (κ3) is 5.98. The molecular weight excluding hydrogens is 436 g/mol. The van der Waals surface area contributed by atoms with Gasteiger partial charge in [-0.3, -0.25) is 9.59 Å². The summed E-state index contributed by atoms with van der Waals surface area (Å²) in [7, 11) is -2.22. The minimum absolute atomic E-state index is 0.00827. The second-order valence-corrected chi connectivity index (χ2v) is 9.33. The Morgan fingerprint density at radius 1 is 1.12 bits per heavy atom. The minimum atomic E-state index is -3.72. The van der Waals surface area contributed by atoms with E-state index in [-0.39, 0.29) is 24.7 Å². The van der Waals surface area contributed by atoms with Gasteiger partial charge in [-0.15, -0.1) is 0 Å². The molecule has 3 rings (SSSR count). The molecule has 2 N–H and O–H groups in total. The lowest BCUT2D eigenvalue weighted by molar-refractivity contribution is -0.151. The molecule has 0 aliphatic carbocycles. The molecule has 0 spiro atoms. The molecule has 0 saturated carbocycles. The van der Waals surface area contributed by atoms with Crippen LogP contribution in [0.15, 0.2) is 53.4 Å². The zero-order valence-electron chi connectivity index (χ0n) is 17.7. The summed E-state index contributed by atoms with van der Waals surface area (Å²) in [4.78, 5) is 23.6. The van der Waals surface area contributed by atoms with E-state index in [4.69, 9.17) is 19.9 Å². The zero-order chi connectivity index (χ0) is 23.1. The number of sulfonamides is 1. The van der Waals surface area contributed by atoms with Gasteiger partial charge in [0.1, 0.15) is 18.1 Å². The van der Waals surface area contributed by atoms with Gasteiger partial charge in [0, 0.05) is 13.1 Å². The van der Waals surface area contributed by atoms with E-state index in [1.807, 2.05) is 0 Å². The number of rotatable bonds is 9. The average molecular weight is 463 g/mol. The molecule has 32 heavy (non-hydrogen) atoms. The SMILES string of the molecule is COc1ccc(S(=O)(=O)N2CCCC(C(=O)OCc3cccc(OCC(N)=O)c3)C2)cc1. The predicted octanol–water partition coefficient (Wildman–Crippen LogP) is 1.70. The van der Waals surface area contributed by atoms with Crippen molar-refractivity contribution in [2.24, 2.45) is 11.7 Å². The van der Waals surface area contributed by atoms with Crippen LogP contribution in [0.2, 0.25) is 0 Å². The van der Waals surface area contributed by atoms with Crippen molar-refractivity contribution in [3.63, 3.8) is 0 Å². The van der Waals surface area contributed by atoms with E-state index in [0.29, 0.717) is 36.4 Å². The van der Waals surface area contributed by atoms with Gasteiger partial charge in [0.05, 0.1) is 17.9 Å². The maximum Gasteiger partial charge on any atom is 0.310 e. The van der Waals surface area contributed by atoms with E-state index in [0.717, 1.165) is 0 Å². The summed E-state index contributed by atoms with van der Waals surface area (Å²) in [6.07, 6.45) is 1.11. The number of piperidine rings is 1. The fourth-order valence-electron chi connectivity index (χ4n) is 3.40. The summed E-state index contributed by atoms with van der Waals surface area (Å²) < 4.78 is 43.0. The number of hydrogen-bond donors (Lipinski definition) is 1. The number of amides is 1. The van der Waals surface area contributed by atoms with Crippen molar-refractivity contribution in [1.29, 1.82) is 0 Å². The Kier molecular flexibility index (Phi) is 7.70. The summed E-state index contributed by atoms with van der Waals surface area (Å²) in [6, 6.07) is 12.9. The maximum atomic E-state index is 13.0. The Bertz CT molecular complexity index is 1050. The monoisotopic (exact) mass is 462 g/mol. The van der Waals surface area contributed by atoms with E-state index in [1.165, 1.54) is 23.5 Å². The van der Waals surface area contributed by atoms with Crippen molar-refractivity contribution >= 4 is 21.9 Å². The fourth-order valence-corrected chi connectivity index (χ4v) is 4.93. The number of carbonyl (C=O) groups excluding carboxylic acids is 2. The topological polar surface area (TPSA) is 125 Å². The van der Waals surface area contributed by atoms with Gasteiger partial charge in [0.15, 0.2) is 6.61 Å². The largest absolute Gasteiger partial charge is 0.497 e. The van der Waals surface area contributed by atoms with Gasteiger partial charge < -0.3 is 19.9 Å². The number of hydrogen-bond acceptors (Lipinski definition) is 7. The van der Waals surface area contributed by atoms with Gasteiger partial charge >= 0.3 is 5.97 Å². The van der Waals surface area contributed by atoms with Crippen molar-refractivity contribution in [2.75, 3.05) is 26.8 Å². The van der Waals surface area contributed by atoms with Gasteiger partial charge in [-0.05, 0) is 54.8 Å². The van der Waals surface area contributed by atoms with Crippen LogP contribution in [0.5, 0.6) is 11.5 Å². The van der Waals surface area contributed by atoms with E-state index in [2.05, 4.69) is 0 Å². The predicted molar refractivity (Wildman–Crippen MR) is 115 cm³/mol. The third-order valence-corrected chi connectivity index (χ3v) is 6.95. The molecule has 1 fully saturated rings. The summed E-state index contributed by atoms with van der Waals surface area (Å²) in [5.41, 5.74) is 5.75. The molecule has 2 aromatic carbocycles. The first-order valence-corrected chi connectivity index (χ1v) is 11.5. The molecule has 9 nitrogen and oxygen atoms in total. The molecule has 0 aromatic heterocycles. The Hall–Kier alpha value is -3.11. The highest BCUT2D eigenvalue weighted by Gasteiger charge is 2.34. The number of carbonyl (C=O) groups is 2. The van der Waals surface area contributed by atoms with Gasteiger partial charge in [-0.2, -0.15) is 4.31 Å². The lowest BCUT2D eigenvalue weighted by Gasteiger charge is -2.30. The molecule has 0 radical (unpaired) electrons. The zero-order valence-corrected chi connectivity index (χ0v) is 18.5. The normalized spacial score (nSPS) is 16.8. The second-order valence-electron chi connectivity index (χ2n) is 7.39. The number of benzene rings is 2. The Labute approximate surface area is 187 Å². The van der Waals surface area contributed by atoms with Crippen LogP contribution in [0.1, 0.15) is 18.4 Å². The molecule has 172 valence electrons. The number of esters is 1. The van der Waals surface area contributed by atoms with Crippen LogP contribution >= 0.6 is 0 Å². The quantitative estimate of drug-likeness (QED) is 0.562. The lowest BCUT2D eigenvalue weighted by atomic mass is 10.00. The Balaban J connectivity index is 1.59. The van der Waals surface area contributed by atoms with Gasteiger partial charge in [-0.25, -0.2) is 8.42 Å². The third-order valence-electron chi connectivity index (χ3n) is 5.08. The number of primary amides is 1. The van der Waals surface area contributed by atoms with Crippen LogP contribution in [0, 0.1) is 5.92 Å². The smallest absolute Gasteiger partial charge is 0.310 e. The van der Waals surface area contributed by atoms with Crippen LogP contribution in [0.4, 0.5) is 0 Å². The van der Waals surface area contributed by atoms with Gasteiger partial charge in [-0.1, -0.05) is 12.1 Å². The van der Waals surface area contributed by atoms with E-state index >= 15 is 0 Å². The van der Waals surface area contributed by atoms with Crippen molar-refractivity contribution in [2.45, 2.75) is 24.3 Å². The fraction of sp³-hybridized carbons (Fsp3) is 0.364. The van der Waals surface area contributed by atoms with Crippen molar-refractivity contribution < 1.29 is 32.2 Å². The first-order chi connectivity index (χ1) is 15.3. The Morgan fingerprint density at radius 3 is 2.56 bits per heavy atom. The minimum Gasteiger partial charge on any atom is -0.497 e. The van der Waals surface area contributed by atoms with Crippen LogP contribution in [-0.4, -0.2) is 51.4 Å². The van der Waals surface area contributed by atoms with Crippen molar-refractivity contribution in [3.05, 3.63) is 54.1 Å². The first-order valence-electron chi connectivity index (χ1n) is 10.1. The number of ether oxygens (including phenoxy) is 3. The van der Waals surface area contributed by atoms with E-state index < -0.39 is 27.8 Å². The van der Waals surface area contributed by atoms with Crippen LogP contribution in [0.3, 0.4) is 0 Å². The number of methoxy groups -OCH3 is 1. The van der Waals surface area contributed by atoms with Crippen molar-refractivity contribution in [1.82, 2.24) is 4.31 Å². The van der Waals surface area contributed by atoms with Gasteiger partial charge in [0.25, 0.3) is 5.91 Å². The summed E-state index contributed by atoms with van der Waals surface area (Å²) >= 11 is 0. The van der Waals surface area contributed by atoms with Crippen LogP contribution in [-0.2, 0) is 31.0 Å². The number of nitrogens with two attached hydrogens (primary N) is 1. The molecule has 10 heteroatoms. The highest BCUT2D eigenvalue weighted by atomic mass is 32.2. The standard InChI is InChI=1S/C22H26N2O7S/c1-29-18-7-9-20(10-8-18)32(27,28)24-11-3-5-17(13-24)22(26)31-14-16-4-2-6-19(12-16)30-15-21(23)25/h2,4,6-10,12,17H,3,5,11,13-15H2,1H3,(H2,23,25). The molecule has 1 amide bonds.